The van der Waals surface area contributed by atoms with Crippen LogP contribution in [-0.4, -0.2) is 32.5 Å². The zero-order valence-corrected chi connectivity index (χ0v) is 11.2. The molecule has 1 aliphatic rings. The fourth-order valence-corrected chi connectivity index (χ4v) is 2.17. The van der Waals surface area contributed by atoms with Crippen molar-refractivity contribution in [2.75, 3.05) is 25.6 Å². The van der Waals surface area contributed by atoms with Crippen LogP contribution in [0.1, 0.15) is 20.3 Å². The molecule has 2 rings (SSSR count). The van der Waals surface area contributed by atoms with E-state index >= 15 is 0 Å². The maximum atomic E-state index is 5.54. The zero-order valence-electron chi connectivity index (χ0n) is 11.2. The van der Waals surface area contributed by atoms with Gasteiger partial charge in [0.15, 0.2) is 11.5 Å². The molecule has 0 radical (unpaired) electrons. The number of rotatable bonds is 5. The Morgan fingerprint density at radius 1 is 1.39 bits per heavy atom. The molecule has 1 aromatic rings. The van der Waals surface area contributed by atoms with Gasteiger partial charge < -0.3 is 19.5 Å². The van der Waals surface area contributed by atoms with Gasteiger partial charge in [-0.1, -0.05) is 0 Å². The Hall–Kier alpha value is -1.42. The Balaban J connectivity index is 2.09. The summed E-state index contributed by atoms with van der Waals surface area (Å²) < 4.78 is 16.4. The molecule has 18 heavy (non-hydrogen) atoms. The van der Waals surface area contributed by atoms with Crippen LogP contribution in [0.15, 0.2) is 18.2 Å². The molecule has 2 unspecified atom stereocenters. The molecule has 100 valence electrons. The van der Waals surface area contributed by atoms with Crippen molar-refractivity contribution in [1.29, 1.82) is 0 Å². The van der Waals surface area contributed by atoms with Crippen molar-refractivity contribution in [3.63, 3.8) is 0 Å². The topological polar surface area (TPSA) is 39.7 Å². The quantitative estimate of drug-likeness (QED) is 0.873. The van der Waals surface area contributed by atoms with Crippen LogP contribution >= 0.6 is 0 Å². The molecule has 1 fully saturated rings. The van der Waals surface area contributed by atoms with Gasteiger partial charge in [-0.2, -0.15) is 0 Å². The number of hydrogen-bond acceptors (Lipinski definition) is 4. The number of ether oxygens (including phenoxy) is 3. The third-order valence-corrected chi connectivity index (χ3v) is 3.19. The largest absolute Gasteiger partial charge is 0.493 e. The number of nitrogens with one attached hydrogen (secondary N) is 1. The molecule has 0 amide bonds. The van der Waals surface area contributed by atoms with Crippen molar-refractivity contribution >= 4 is 5.69 Å². The summed E-state index contributed by atoms with van der Waals surface area (Å²) in [5, 5.41) is 3.47. The smallest absolute Gasteiger partial charge is 0.162 e. The first-order chi connectivity index (χ1) is 8.74. The molecule has 0 saturated carbocycles. The molecule has 1 aromatic carbocycles. The predicted molar refractivity (Wildman–Crippen MR) is 71.6 cm³/mol. The fourth-order valence-electron chi connectivity index (χ4n) is 2.17. The average Bonchev–Trinajstić information content (AvgIpc) is 2.77. The number of hydrogen-bond donors (Lipinski definition) is 1. The first-order valence-corrected chi connectivity index (χ1v) is 6.43. The van der Waals surface area contributed by atoms with Crippen LogP contribution in [0, 0.1) is 0 Å². The third-order valence-electron chi connectivity index (χ3n) is 3.19. The van der Waals surface area contributed by atoms with Gasteiger partial charge in [0.1, 0.15) is 0 Å². The third kappa shape index (κ3) is 2.88. The minimum atomic E-state index is 0.252. The van der Waals surface area contributed by atoms with E-state index in [-0.39, 0.29) is 6.10 Å². The highest BCUT2D eigenvalue weighted by Crippen LogP contribution is 2.31. The lowest BCUT2D eigenvalue weighted by Crippen LogP contribution is -2.26. The zero-order chi connectivity index (χ0) is 13.0. The Labute approximate surface area is 108 Å². The molecule has 0 aromatic heterocycles. The van der Waals surface area contributed by atoms with Crippen LogP contribution in [0.3, 0.4) is 0 Å². The van der Waals surface area contributed by atoms with E-state index < -0.39 is 0 Å². The summed E-state index contributed by atoms with van der Waals surface area (Å²) in [5.74, 6) is 1.54. The summed E-state index contributed by atoms with van der Waals surface area (Å²) in [6.07, 6.45) is 1.29. The molecule has 4 heteroatoms. The van der Waals surface area contributed by atoms with Crippen LogP contribution in [-0.2, 0) is 4.74 Å². The summed E-state index contributed by atoms with van der Waals surface area (Å²) in [6.45, 7) is 5.52. The number of methoxy groups -OCH3 is 1. The molecule has 4 nitrogen and oxygen atoms in total. The second-order valence-electron chi connectivity index (χ2n) is 4.41. The van der Waals surface area contributed by atoms with Crippen LogP contribution < -0.4 is 14.8 Å². The molecular weight excluding hydrogens is 230 g/mol. The van der Waals surface area contributed by atoms with Gasteiger partial charge in [0.25, 0.3) is 0 Å². The van der Waals surface area contributed by atoms with Crippen molar-refractivity contribution in [3.05, 3.63) is 18.2 Å². The van der Waals surface area contributed by atoms with Crippen molar-refractivity contribution in [1.82, 2.24) is 0 Å². The van der Waals surface area contributed by atoms with Crippen molar-refractivity contribution in [2.24, 2.45) is 0 Å². The fraction of sp³-hybridized carbons (Fsp3) is 0.571. The van der Waals surface area contributed by atoms with E-state index in [0.717, 1.165) is 30.2 Å². The van der Waals surface area contributed by atoms with E-state index in [1.165, 1.54) is 0 Å². The molecule has 0 aliphatic carbocycles. The standard InChI is InChI=1S/C14H21NO3/c1-4-17-13-6-5-11(9-14(13)16-3)15-12-7-8-18-10(12)2/h5-6,9-10,12,15H,4,7-8H2,1-3H3. The predicted octanol–water partition coefficient (Wildman–Crippen LogP) is 2.68. The minimum Gasteiger partial charge on any atom is -0.493 e. The van der Waals surface area contributed by atoms with Crippen LogP contribution in [0.2, 0.25) is 0 Å². The van der Waals surface area contributed by atoms with Gasteiger partial charge >= 0.3 is 0 Å². The highest BCUT2D eigenvalue weighted by molar-refractivity contribution is 5.55. The van der Waals surface area contributed by atoms with Crippen molar-refractivity contribution in [3.8, 4) is 11.5 Å². The maximum Gasteiger partial charge on any atom is 0.162 e. The Morgan fingerprint density at radius 3 is 2.83 bits per heavy atom. The van der Waals surface area contributed by atoms with Gasteiger partial charge in [-0.25, -0.2) is 0 Å². The van der Waals surface area contributed by atoms with Crippen LogP contribution in [0.25, 0.3) is 0 Å². The molecule has 1 N–H and O–H groups in total. The van der Waals surface area contributed by atoms with Gasteiger partial charge in [-0.3, -0.25) is 0 Å². The van der Waals surface area contributed by atoms with E-state index in [9.17, 15) is 0 Å². The van der Waals surface area contributed by atoms with E-state index in [2.05, 4.69) is 12.2 Å². The SMILES string of the molecule is CCOc1ccc(NC2CCOC2C)cc1OC. The van der Waals surface area contributed by atoms with Crippen LogP contribution in [0.4, 0.5) is 5.69 Å². The first kappa shape index (κ1) is 13.0. The Kier molecular flexibility index (Phi) is 4.31. The lowest BCUT2D eigenvalue weighted by molar-refractivity contribution is 0.121. The average molecular weight is 251 g/mol. The van der Waals surface area contributed by atoms with Gasteiger partial charge in [-0.05, 0) is 32.4 Å². The summed E-state index contributed by atoms with van der Waals surface area (Å²) >= 11 is 0. The summed E-state index contributed by atoms with van der Waals surface area (Å²) in [5.41, 5.74) is 1.04. The molecule has 1 heterocycles. The van der Waals surface area contributed by atoms with E-state index in [1.807, 2.05) is 25.1 Å². The second-order valence-corrected chi connectivity index (χ2v) is 4.41. The van der Waals surface area contributed by atoms with Crippen molar-refractivity contribution in [2.45, 2.75) is 32.4 Å². The maximum absolute atomic E-state index is 5.54. The van der Waals surface area contributed by atoms with Gasteiger partial charge in [0.2, 0.25) is 0 Å². The minimum absolute atomic E-state index is 0.252. The van der Waals surface area contributed by atoms with Crippen LogP contribution in [0.5, 0.6) is 11.5 Å². The highest BCUT2D eigenvalue weighted by Gasteiger charge is 2.24. The van der Waals surface area contributed by atoms with E-state index in [0.29, 0.717) is 12.6 Å². The molecule has 0 spiro atoms. The molecular formula is C14H21NO3. The molecule has 2 atom stereocenters. The lowest BCUT2D eigenvalue weighted by Gasteiger charge is -2.18. The summed E-state index contributed by atoms with van der Waals surface area (Å²) in [6, 6.07) is 6.28. The van der Waals surface area contributed by atoms with Crippen molar-refractivity contribution < 1.29 is 14.2 Å². The molecule has 0 bridgehead atoms. The number of anilines is 1. The Bertz CT molecular complexity index is 395. The highest BCUT2D eigenvalue weighted by atomic mass is 16.5. The first-order valence-electron chi connectivity index (χ1n) is 6.43. The van der Waals surface area contributed by atoms with Gasteiger partial charge in [0.05, 0.1) is 25.9 Å². The second kappa shape index (κ2) is 5.96. The number of benzene rings is 1. The molecule has 1 aliphatic heterocycles. The van der Waals surface area contributed by atoms with Gasteiger partial charge in [0, 0.05) is 18.4 Å². The van der Waals surface area contributed by atoms with Gasteiger partial charge in [-0.15, -0.1) is 0 Å². The Morgan fingerprint density at radius 2 is 2.22 bits per heavy atom. The summed E-state index contributed by atoms with van der Waals surface area (Å²) in [7, 11) is 1.66. The summed E-state index contributed by atoms with van der Waals surface area (Å²) in [4.78, 5) is 0. The van der Waals surface area contributed by atoms with E-state index in [4.69, 9.17) is 14.2 Å². The lowest BCUT2D eigenvalue weighted by atomic mass is 10.1. The van der Waals surface area contributed by atoms with E-state index in [1.54, 1.807) is 7.11 Å². The normalized spacial score (nSPS) is 22.8. The monoisotopic (exact) mass is 251 g/mol. The molecule has 1 saturated heterocycles.